The van der Waals surface area contributed by atoms with E-state index < -0.39 is 46.8 Å². The lowest BCUT2D eigenvalue weighted by Gasteiger charge is -2.01. The highest BCUT2D eigenvalue weighted by Gasteiger charge is 2.37. The van der Waals surface area contributed by atoms with Crippen molar-refractivity contribution >= 4 is 64.4 Å². The first-order chi connectivity index (χ1) is 8.55. The molecule has 1 rings (SSSR count). The number of hydrogen-bond acceptors (Lipinski definition) is 8. The van der Waals surface area contributed by atoms with E-state index in [2.05, 4.69) is 0 Å². The molecular weight excluding hydrogens is 397 g/mol. The summed E-state index contributed by atoms with van der Waals surface area (Å²) in [6, 6.07) is 0.409. The highest BCUT2D eigenvalue weighted by Crippen LogP contribution is 2.36. The van der Waals surface area contributed by atoms with E-state index in [4.69, 9.17) is 4.55 Å². The summed E-state index contributed by atoms with van der Waals surface area (Å²) in [5, 5.41) is 31.7. The van der Waals surface area contributed by atoms with Gasteiger partial charge in [-0.15, -0.1) is 37.2 Å². The van der Waals surface area contributed by atoms with Crippen LogP contribution in [-0.2, 0) is 10.1 Å². The molecule has 126 valence electrons. The minimum absolute atomic E-state index is 0. The van der Waals surface area contributed by atoms with Gasteiger partial charge in [0.2, 0.25) is 4.90 Å². The highest BCUT2D eigenvalue weighted by atomic mass is 35.5. The van der Waals surface area contributed by atoms with Crippen molar-refractivity contribution in [1.82, 2.24) is 0 Å². The van der Waals surface area contributed by atoms with Crippen LogP contribution in [0, 0.1) is 30.3 Å². The standard InChI is InChI=1S/C6H3N3O9S.3ClH/c10-7(11)3-1-4(8(12)13)6(19(16,17)18)5(2-3)9(14)15;;;/h1-2H,(H,16,17,18);3*1H. The van der Waals surface area contributed by atoms with Gasteiger partial charge in [-0.25, -0.2) is 0 Å². The normalized spacial score (nSPS) is 9.50. The third-order valence-corrected chi connectivity index (χ3v) is 2.83. The minimum atomic E-state index is -5.30. The number of nitrogens with zero attached hydrogens (tertiary/aromatic N) is 3. The van der Waals surface area contributed by atoms with Gasteiger partial charge in [0.1, 0.15) is 0 Å². The van der Waals surface area contributed by atoms with Crippen LogP contribution in [0.5, 0.6) is 0 Å². The van der Waals surface area contributed by atoms with Crippen LogP contribution in [0.25, 0.3) is 0 Å². The predicted octanol–water partition coefficient (Wildman–Crippen LogP) is 1.92. The van der Waals surface area contributed by atoms with Gasteiger partial charge in [0.15, 0.2) is 0 Å². The molecule has 0 spiro atoms. The Bertz CT molecular complexity index is 672. The van der Waals surface area contributed by atoms with Crippen LogP contribution in [0.15, 0.2) is 17.0 Å². The third-order valence-electron chi connectivity index (χ3n) is 1.90. The Labute approximate surface area is 139 Å². The zero-order chi connectivity index (χ0) is 15.0. The average Bonchev–Trinajstić information content (AvgIpc) is 2.25. The summed E-state index contributed by atoms with van der Waals surface area (Å²) in [5.74, 6) is 0. The molecule has 16 heteroatoms. The molecule has 0 saturated heterocycles. The van der Waals surface area contributed by atoms with E-state index in [0.717, 1.165) is 0 Å². The van der Waals surface area contributed by atoms with E-state index in [-0.39, 0.29) is 49.4 Å². The van der Waals surface area contributed by atoms with Gasteiger partial charge in [-0.05, 0) is 0 Å². The van der Waals surface area contributed by atoms with Crippen LogP contribution in [0.2, 0.25) is 0 Å². The van der Waals surface area contributed by atoms with Gasteiger partial charge in [0.25, 0.3) is 5.69 Å². The first-order valence-corrected chi connectivity index (χ1v) is 5.58. The van der Waals surface area contributed by atoms with Crippen molar-refractivity contribution < 1.29 is 27.7 Å². The van der Waals surface area contributed by atoms with Gasteiger partial charge >= 0.3 is 21.5 Å². The van der Waals surface area contributed by atoms with E-state index >= 15 is 0 Å². The monoisotopic (exact) mass is 401 g/mol. The number of nitro groups is 3. The van der Waals surface area contributed by atoms with E-state index in [1.807, 2.05) is 0 Å². The summed E-state index contributed by atoms with van der Waals surface area (Å²) >= 11 is 0. The molecule has 0 atom stereocenters. The summed E-state index contributed by atoms with van der Waals surface area (Å²) in [4.78, 5) is 26.1. The zero-order valence-corrected chi connectivity index (χ0v) is 13.1. The van der Waals surface area contributed by atoms with Gasteiger partial charge in [-0.3, -0.25) is 34.9 Å². The molecule has 0 aliphatic carbocycles. The number of rotatable bonds is 4. The van der Waals surface area contributed by atoms with E-state index in [1.54, 1.807) is 0 Å². The molecule has 0 bridgehead atoms. The Morgan fingerprint density at radius 3 is 1.32 bits per heavy atom. The molecule has 0 saturated carbocycles. The molecule has 1 aromatic rings. The topological polar surface area (TPSA) is 184 Å². The third kappa shape index (κ3) is 5.19. The Kier molecular flexibility index (Phi) is 9.84. The average molecular weight is 403 g/mol. The molecule has 1 aromatic carbocycles. The van der Waals surface area contributed by atoms with Crippen molar-refractivity contribution in [3.8, 4) is 0 Å². The Morgan fingerprint density at radius 2 is 1.14 bits per heavy atom. The molecule has 0 heterocycles. The van der Waals surface area contributed by atoms with Gasteiger partial charge in [0.05, 0.1) is 26.9 Å². The van der Waals surface area contributed by atoms with Crippen LogP contribution in [0.4, 0.5) is 17.1 Å². The number of benzene rings is 1. The van der Waals surface area contributed by atoms with Crippen LogP contribution >= 0.6 is 37.2 Å². The number of non-ortho nitro benzene ring substituents is 1. The molecular formula is C6H6Cl3N3O9S. The summed E-state index contributed by atoms with van der Waals surface area (Å²) in [6.45, 7) is 0. The molecule has 0 radical (unpaired) electrons. The number of halogens is 3. The maximum atomic E-state index is 10.9. The van der Waals surface area contributed by atoms with Crippen molar-refractivity contribution in [3.05, 3.63) is 42.5 Å². The van der Waals surface area contributed by atoms with E-state index in [0.29, 0.717) is 0 Å². The fourth-order valence-corrected chi connectivity index (χ4v) is 2.02. The Hall–Kier alpha value is -1.80. The number of hydrogen-bond donors (Lipinski definition) is 1. The minimum Gasteiger partial charge on any atom is -0.281 e. The lowest BCUT2D eigenvalue weighted by Crippen LogP contribution is -2.08. The SMILES string of the molecule is Cl.Cl.Cl.O=[N+]([O-])c1cc([N+](=O)[O-])c(S(=O)(=O)O)c([N+](=O)[O-])c1. The van der Waals surface area contributed by atoms with E-state index in [1.165, 1.54) is 0 Å². The molecule has 22 heavy (non-hydrogen) atoms. The molecule has 1 N–H and O–H groups in total. The summed E-state index contributed by atoms with van der Waals surface area (Å²) in [6.07, 6.45) is 0. The van der Waals surface area contributed by atoms with E-state index in [9.17, 15) is 38.8 Å². The summed E-state index contributed by atoms with van der Waals surface area (Å²) in [7, 11) is -5.30. The van der Waals surface area contributed by atoms with Crippen LogP contribution < -0.4 is 0 Å². The first kappa shape index (κ1) is 25.2. The smallest absolute Gasteiger partial charge is 0.281 e. The van der Waals surface area contributed by atoms with Gasteiger partial charge in [0, 0.05) is 0 Å². The number of nitro benzene ring substituents is 3. The maximum Gasteiger partial charge on any atom is 0.308 e. The summed E-state index contributed by atoms with van der Waals surface area (Å²) < 4.78 is 30.7. The predicted molar refractivity (Wildman–Crippen MR) is 78.0 cm³/mol. The van der Waals surface area contributed by atoms with Gasteiger partial charge in [-0.2, -0.15) is 8.42 Å². The van der Waals surface area contributed by atoms with Crippen LogP contribution in [-0.4, -0.2) is 27.7 Å². The highest BCUT2D eigenvalue weighted by molar-refractivity contribution is 7.86. The lowest BCUT2D eigenvalue weighted by molar-refractivity contribution is -0.407. The molecule has 0 aliphatic rings. The van der Waals surface area contributed by atoms with Crippen LogP contribution in [0.1, 0.15) is 0 Å². The Morgan fingerprint density at radius 1 is 0.818 bits per heavy atom. The fraction of sp³-hybridized carbons (Fsp3) is 0. The Balaban J connectivity index is -0.00000120. The first-order valence-electron chi connectivity index (χ1n) is 4.14. The van der Waals surface area contributed by atoms with Crippen molar-refractivity contribution in [1.29, 1.82) is 0 Å². The lowest BCUT2D eigenvalue weighted by atomic mass is 10.2. The quantitative estimate of drug-likeness (QED) is 0.446. The second-order valence-electron chi connectivity index (χ2n) is 3.06. The molecule has 0 amide bonds. The molecule has 0 unspecified atom stereocenters. The largest absolute Gasteiger partial charge is 0.308 e. The fourth-order valence-electron chi connectivity index (χ4n) is 1.23. The second-order valence-corrected chi connectivity index (χ2v) is 4.42. The second kappa shape index (κ2) is 8.60. The maximum absolute atomic E-state index is 10.9. The van der Waals surface area contributed by atoms with Crippen LogP contribution in [0.3, 0.4) is 0 Å². The van der Waals surface area contributed by atoms with Crippen molar-refractivity contribution in [2.45, 2.75) is 4.90 Å². The van der Waals surface area contributed by atoms with Crippen molar-refractivity contribution in [2.75, 3.05) is 0 Å². The molecule has 0 aromatic heterocycles. The zero-order valence-electron chi connectivity index (χ0n) is 9.84. The molecule has 0 fully saturated rings. The van der Waals surface area contributed by atoms with Crippen molar-refractivity contribution in [3.63, 3.8) is 0 Å². The summed E-state index contributed by atoms with van der Waals surface area (Å²) in [5.41, 5.74) is -3.96. The van der Waals surface area contributed by atoms with Gasteiger partial charge in [-0.1, -0.05) is 0 Å². The molecule has 12 nitrogen and oxygen atoms in total. The van der Waals surface area contributed by atoms with Crippen molar-refractivity contribution in [2.24, 2.45) is 0 Å². The molecule has 0 aliphatic heterocycles. The van der Waals surface area contributed by atoms with Gasteiger partial charge < -0.3 is 0 Å².